The highest BCUT2D eigenvalue weighted by atomic mass is 16.5. The molecule has 4 heteroatoms. The summed E-state index contributed by atoms with van der Waals surface area (Å²) >= 11 is 0. The van der Waals surface area contributed by atoms with Crippen LogP contribution in [0.25, 0.3) is 0 Å². The summed E-state index contributed by atoms with van der Waals surface area (Å²) in [5, 5.41) is 6.78. The Morgan fingerprint density at radius 3 is 2.56 bits per heavy atom. The van der Waals surface area contributed by atoms with Crippen molar-refractivity contribution in [2.24, 2.45) is 10.9 Å². The van der Waals surface area contributed by atoms with Crippen LogP contribution in [-0.2, 0) is 9.53 Å². The van der Waals surface area contributed by atoms with Gasteiger partial charge in [-0.3, -0.25) is 9.79 Å². The van der Waals surface area contributed by atoms with Gasteiger partial charge in [0.15, 0.2) is 0 Å². The third-order valence-corrected chi connectivity index (χ3v) is 1.83. The maximum Gasteiger partial charge on any atom is 0.309 e. The standard InChI is InChI=1S/C12H20N2O2/c1-9(2)16-12(15)10(3)8-11(4)14-7-5-6-13/h5-7,9-10,13H,8H2,1-4H3/b7-5-,13-6?,14-11?/t10-/m1/s1. The van der Waals surface area contributed by atoms with Crippen molar-refractivity contribution in [3.8, 4) is 0 Å². The van der Waals surface area contributed by atoms with Gasteiger partial charge in [0, 0.05) is 18.1 Å². The molecule has 0 saturated carbocycles. The molecule has 0 aliphatic rings. The zero-order chi connectivity index (χ0) is 12.6. The first-order valence-corrected chi connectivity index (χ1v) is 5.36. The minimum atomic E-state index is -0.194. The van der Waals surface area contributed by atoms with Gasteiger partial charge in [0.1, 0.15) is 0 Å². The number of nitrogens with one attached hydrogen (secondary N) is 1. The van der Waals surface area contributed by atoms with Gasteiger partial charge in [-0.05, 0) is 33.3 Å². The van der Waals surface area contributed by atoms with E-state index < -0.39 is 0 Å². The van der Waals surface area contributed by atoms with Crippen LogP contribution in [0.4, 0.5) is 0 Å². The third kappa shape index (κ3) is 6.92. The summed E-state index contributed by atoms with van der Waals surface area (Å²) in [5.41, 5.74) is 0.853. The zero-order valence-corrected chi connectivity index (χ0v) is 10.4. The van der Waals surface area contributed by atoms with Gasteiger partial charge in [-0.2, -0.15) is 0 Å². The lowest BCUT2D eigenvalue weighted by Gasteiger charge is -2.13. The second-order valence-electron chi connectivity index (χ2n) is 3.96. The molecular formula is C12H20N2O2. The summed E-state index contributed by atoms with van der Waals surface area (Å²) in [6, 6.07) is 0. The van der Waals surface area contributed by atoms with E-state index in [-0.39, 0.29) is 18.0 Å². The number of nitrogens with zero attached hydrogens (tertiary/aromatic N) is 1. The second-order valence-corrected chi connectivity index (χ2v) is 3.96. The van der Waals surface area contributed by atoms with Crippen molar-refractivity contribution < 1.29 is 9.53 Å². The van der Waals surface area contributed by atoms with Gasteiger partial charge in [0.25, 0.3) is 0 Å². The van der Waals surface area contributed by atoms with Crippen LogP contribution in [0.2, 0.25) is 0 Å². The average molecular weight is 224 g/mol. The predicted octanol–water partition coefficient (Wildman–Crippen LogP) is 2.59. The van der Waals surface area contributed by atoms with Crippen molar-refractivity contribution in [3.05, 3.63) is 12.3 Å². The van der Waals surface area contributed by atoms with E-state index in [2.05, 4.69) is 4.99 Å². The highest BCUT2D eigenvalue weighted by Gasteiger charge is 2.16. The molecule has 0 aliphatic heterocycles. The SMILES string of the molecule is CC(C[C@@H](C)C(=O)OC(C)C)=N/C=C\C=N. The number of rotatable bonds is 6. The fraction of sp³-hybridized carbons (Fsp3) is 0.583. The molecule has 0 radical (unpaired) electrons. The number of carbonyl (C=O) groups excluding carboxylic acids is 1. The number of allylic oxidation sites excluding steroid dienone is 1. The van der Waals surface area contributed by atoms with E-state index in [0.29, 0.717) is 6.42 Å². The molecule has 0 aromatic carbocycles. The van der Waals surface area contributed by atoms with Crippen LogP contribution in [0.1, 0.15) is 34.1 Å². The minimum Gasteiger partial charge on any atom is -0.463 e. The highest BCUT2D eigenvalue weighted by Crippen LogP contribution is 2.08. The lowest BCUT2D eigenvalue weighted by Crippen LogP contribution is -2.20. The van der Waals surface area contributed by atoms with E-state index >= 15 is 0 Å². The van der Waals surface area contributed by atoms with E-state index in [1.165, 1.54) is 6.08 Å². The minimum absolute atomic E-state index is 0.0787. The Labute approximate surface area is 96.9 Å². The molecule has 0 aromatic rings. The van der Waals surface area contributed by atoms with E-state index in [4.69, 9.17) is 10.1 Å². The summed E-state index contributed by atoms with van der Waals surface area (Å²) in [6.07, 6.45) is 4.73. The largest absolute Gasteiger partial charge is 0.463 e. The predicted molar refractivity (Wildman–Crippen MR) is 66.0 cm³/mol. The molecule has 0 saturated heterocycles. The Hall–Kier alpha value is -1.45. The number of ether oxygens (including phenoxy) is 1. The van der Waals surface area contributed by atoms with E-state index in [0.717, 1.165) is 11.9 Å². The molecule has 1 atom stereocenters. The molecular weight excluding hydrogens is 204 g/mol. The average Bonchev–Trinajstić information content (AvgIpc) is 2.16. The first kappa shape index (κ1) is 14.6. The maximum absolute atomic E-state index is 11.5. The first-order valence-electron chi connectivity index (χ1n) is 5.36. The Balaban J connectivity index is 4.17. The second kappa shape index (κ2) is 7.79. The molecule has 0 unspecified atom stereocenters. The molecule has 0 aliphatic carbocycles. The molecule has 0 aromatic heterocycles. The zero-order valence-electron chi connectivity index (χ0n) is 10.4. The molecule has 0 amide bonds. The van der Waals surface area contributed by atoms with Crippen molar-refractivity contribution in [2.75, 3.05) is 0 Å². The van der Waals surface area contributed by atoms with E-state index in [1.807, 2.05) is 27.7 Å². The van der Waals surface area contributed by atoms with Gasteiger partial charge in [0.05, 0.1) is 12.0 Å². The molecule has 4 nitrogen and oxygen atoms in total. The molecule has 0 bridgehead atoms. The molecule has 90 valence electrons. The summed E-state index contributed by atoms with van der Waals surface area (Å²) in [7, 11) is 0. The normalized spacial score (nSPS) is 14.2. The Morgan fingerprint density at radius 2 is 2.06 bits per heavy atom. The van der Waals surface area contributed by atoms with Crippen molar-refractivity contribution in [1.29, 1.82) is 5.41 Å². The van der Waals surface area contributed by atoms with Crippen LogP contribution in [0.5, 0.6) is 0 Å². The van der Waals surface area contributed by atoms with Crippen LogP contribution in [0.3, 0.4) is 0 Å². The van der Waals surface area contributed by atoms with Gasteiger partial charge in [-0.15, -0.1) is 0 Å². The lowest BCUT2D eigenvalue weighted by molar-refractivity contribution is -0.151. The van der Waals surface area contributed by atoms with Crippen LogP contribution in [0, 0.1) is 11.3 Å². The summed E-state index contributed by atoms with van der Waals surface area (Å²) < 4.78 is 5.09. The lowest BCUT2D eigenvalue weighted by atomic mass is 10.1. The van der Waals surface area contributed by atoms with Gasteiger partial charge >= 0.3 is 5.97 Å². The molecule has 0 rings (SSSR count). The van der Waals surface area contributed by atoms with Gasteiger partial charge < -0.3 is 10.1 Å². The topological polar surface area (TPSA) is 62.5 Å². The number of carbonyl (C=O) groups is 1. The number of aliphatic imine (C=N–C) groups is 1. The molecule has 1 N–H and O–H groups in total. The maximum atomic E-state index is 11.5. The number of hydrogen-bond acceptors (Lipinski definition) is 4. The quantitative estimate of drug-likeness (QED) is 0.556. The fourth-order valence-electron chi connectivity index (χ4n) is 1.14. The van der Waals surface area contributed by atoms with Gasteiger partial charge in [0.2, 0.25) is 0 Å². The Morgan fingerprint density at radius 1 is 1.44 bits per heavy atom. The van der Waals surface area contributed by atoms with Crippen LogP contribution >= 0.6 is 0 Å². The fourth-order valence-corrected chi connectivity index (χ4v) is 1.14. The summed E-state index contributed by atoms with van der Waals surface area (Å²) in [4.78, 5) is 15.6. The highest BCUT2D eigenvalue weighted by molar-refractivity contribution is 5.87. The van der Waals surface area contributed by atoms with Crippen molar-refractivity contribution >= 4 is 17.9 Å². The van der Waals surface area contributed by atoms with E-state index in [1.54, 1.807) is 6.20 Å². The van der Waals surface area contributed by atoms with Crippen molar-refractivity contribution in [2.45, 2.75) is 40.2 Å². The van der Waals surface area contributed by atoms with Gasteiger partial charge in [-0.1, -0.05) is 6.92 Å². The smallest absolute Gasteiger partial charge is 0.309 e. The monoisotopic (exact) mass is 224 g/mol. The van der Waals surface area contributed by atoms with Crippen LogP contribution in [0.15, 0.2) is 17.3 Å². The van der Waals surface area contributed by atoms with Crippen LogP contribution in [-0.4, -0.2) is 24.0 Å². The Bertz CT molecular complexity index is 293. The molecule has 0 heterocycles. The summed E-state index contributed by atoms with van der Waals surface area (Å²) in [5.74, 6) is -0.375. The first-order chi connectivity index (χ1) is 7.47. The van der Waals surface area contributed by atoms with Crippen molar-refractivity contribution in [3.63, 3.8) is 0 Å². The molecule has 0 spiro atoms. The number of hydrogen-bond donors (Lipinski definition) is 1. The van der Waals surface area contributed by atoms with E-state index in [9.17, 15) is 4.79 Å². The van der Waals surface area contributed by atoms with Crippen LogP contribution < -0.4 is 0 Å². The molecule has 16 heavy (non-hydrogen) atoms. The van der Waals surface area contributed by atoms with Crippen molar-refractivity contribution in [1.82, 2.24) is 0 Å². The number of esters is 1. The molecule has 0 fully saturated rings. The summed E-state index contributed by atoms with van der Waals surface area (Å²) in [6.45, 7) is 7.34. The van der Waals surface area contributed by atoms with Gasteiger partial charge in [-0.25, -0.2) is 0 Å². The Kier molecular flexibility index (Phi) is 7.09. The third-order valence-electron chi connectivity index (χ3n) is 1.83.